The number of thiophene rings is 1. The number of nitrogens with one attached hydrogen (secondary N) is 1. The van der Waals surface area contributed by atoms with Crippen molar-refractivity contribution in [3.63, 3.8) is 0 Å². The van der Waals surface area contributed by atoms with Gasteiger partial charge in [-0.15, -0.1) is 11.3 Å². The first-order valence-electron chi connectivity index (χ1n) is 9.02. The lowest BCUT2D eigenvalue weighted by molar-refractivity contribution is 0.0172. The first kappa shape index (κ1) is 17.8. The monoisotopic (exact) mass is 389 g/mol. The molecule has 0 aromatic carbocycles. The van der Waals surface area contributed by atoms with E-state index in [-0.39, 0.29) is 0 Å². The van der Waals surface area contributed by atoms with Crippen LogP contribution in [0, 0.1) is 0 Å². The number of hydrogen-bond donors (Lipinski definition) is 1. The Bertz CT molecular complexity index is 776. The van der Waals surface area contributed by atoms with Gasteiger partial charge in [0.15, 0.2) is 0 Å². The standard InChI is InChI=1S/C19H24ClN5S/c1-23-5-3-6-24(8-7-23)25-13-15-11-22-19(20)10-17(15)18(14-25)21-12-16-4-2-9-26-16/h2,4,9-11,14,21H,3,5-8,12-13H2,1H3. The normalized spacial score (nSPS) is 19.0. The highest BCUT2D eigenvalue weighted by molar-refractivity contribution is 7.09. The number of fused-ring (bicyclic) bond motifs is 1. The molecule has 2 aromatic rings. The van der Waals surface area contributed by atoms with Gasteiger partial charge in [-0.1, -0.05) is 17.7 Å². The molecule has 4 heterocycles. The van der Waals surface area contributed by atoms with Crippen molar-refractivity contribution in [2.75, 3.05) is 33.2 Å². The van der Waals surface area contributed by atoms with E-state index in [2.05, 4.69) is 56.0 Å². The summed E-state index contributed by atoms with van der Waals surface area (Å²) in [5.74, 6) is 0. The molecule has 0 radical (unpaired) electrons. The van der Waals surface area contributed by atoms with Crippen molar-refractivity contribution >= 4 is 28.6 Å². The lowest BCUT2D eigenvalue weighted by Gasteiger charge is -2.37. The second-order valence-electron chi connectivity index (χ2n) is 6.85. The second kappa shape index (κ2) is 7.96. The Labute approximate surface area is 163 Å². The molecule has 1 saturated heterocycles. The van der Waals surface area contributed by atoms with Crippen molar-refractivity contribution in [3.8, 4) is 0 Å². The Kier molecular flexibility index (Phi) is 5.45. The zero-order valence-electron chi connectivity index (χ0n) is 15.0. The summed E-state index contributed by atoms with van der Waals surface area (Å²) in [4.78, 5) is 8.03. The number of rotatable bonds is 4. The van der Waals surface area contributed by atoms with Crippen LogP contribution in [0.3, 0.4) is 0 Å². The summed E-state index contributed by atoms with van der Waals surface area (Å²) in [5, 5.41) is 11.1. The molecular formula is C19H24ClN5S. The number of likely N-dealkylation sites (N-methyl/N-ethyl adjacent to an activating group) is 1. The Balaban J connectivity index is 1.58. The summed E-state index contributed by atoms with van der Waals surface area (Å²) in [6, 6.07) is 6.22. The van der Waals surface area contributed by atoms with Crippen molar-refractivity contribution in [1.82, 2.24) is 25.2 Å². The van der Waals surface area contributed by atoms with Crippen LogP contribution in [0.4, 0.5) is 0 Å². The van der Waals surface area contributed by atoms with Gasteiger partial charge in [-0.05, 0) is 37.5 Å². The molecule has 1 fully saturated rings. The summed E-state index contributed by atoms with van der Waals surface area (Å²) in [6.07, 6.45) is 5.33. The molecule has 2 aromatic heterocycles. The highest BCUT2D eigenvalue weighted by Crippen LogP contribution is 2.28. The highest BCUT2D eigenvalue weighted by atomic mass is 35.5. The van der Waals surface area contributed by atoms with Gasteiger partial charge in [-0.2, -0.15) is 0 Å². The van der Waals surface area contributed by atoms with Crippen LogP contribution in [0.5, 0.6) is 0 Å². The van der Waals surface area contributed by atoms with Crippen LogP contribution in [0.25, 0.3) is 5.70 Å². The molecule has 2 aliphatic rings. The average molecular weight is 390 g/mol. The molecule has 26 heavy (non-hydrogen) atoms. The Hall–Kier alpha value is -1.60. The van der Waals surface area contributed by atoms with Crippen molar-refractivity contribution in [1.29, 1.82) is 0 Å². The maximum Gasteiger partial charge on any atom is 0.129 e. The molecule has 0 atom stereocenters. The predicted octanol–water partition coefficient (Wildman–Crippen LogP) is 3.25. The molecule has 0 aliphatic carbocycles. The fraction of sp³-hybridized carbons (Fsp3) is 0.421. The molecular weight excluding hydrogens is 366 g/mol. The van der Waals surface area contributed by atoms with E-state index in [0.717, 1.165) is 50.5 Å². The fourth-order valence-corrected chi connectivity index (χ4v) is 4.28. The number of halogens is 1. The quantitative estimate of drug-likeness (QED) is 0.812. The Morgan fingerprint density at radius 2 is 2.19 bits per heavy atom. The molecule has 5 nitrogen and oxygen atoms in total. The van der Waals surface area contributed by atoms with E-state index >= 15 is 0 Å². The van der Waals surface area contributed by atoms with Crippen LogP contribution in [-0.2, 0) is 13.1 Å². The molecule has 0 unspecified atom stereocenters. The third kappa shape index (κ3) is 4.04. The van der Waals surface area contributed by atoms with Crippen molar-refractivity contribution in [2.45, 2.75) is 19.5 Å². The first-order chi connectivity index (χ1) is 12.7. The largest absolute Gasteiger partial charge is 0.378 e. The minimum atomic E-state index is 0.539. The molecule has 0 spiro atoms. The maximum atomic E-state index is 6.17. The summed E-state index contributed by atoms with van der Waals surface area (Å²) in [6.45, 7) is 6.03. The minimum Gasteiger partial charge on any atom is -0.378 e. The van der Waals surface area contributed by atoms with Gasteiger partial charge in [-0.25, -0.2) is 9.99 Å². The second-order valence-corrected chi connectivity index (χ2v) is 8.27. The van der Waals surface area contributed by atoms with Gasteiger partial charge in [-0.3, -0.25) is 0 Å². The fourth-order valence-electron chi connectivity index (χ4n) is 3.48. The lowest BCUT2D eigenvalue weighted by atomic mass is 10.0. The van der Waals surface area contributed by atoms with E-state index in [4.69, 9.17) is 11.6 Å². The van der Waals surface area contributed by atoms with Crippen LogP contribution in [0.1, 0.15) is 22.4 Å². The van der Waals surface area contributed by atoms with Gasteiger partial charge in [0.25, 0.3) is 0 Å². The minimum absolute atomic E-state index is 0.539. The number of aromatic nitrogens is 1. The van der Waals surface area contributed by atoms with Crippen molar-refractivity contribution < 1.29 is 0 Å². The topological polar surface area (TPSA) is 34.6 Å². The smallest absolute Gasteiger partial charge is 0.129 e. The molecule has 0 amide bonds. The number of hydrazine groups is 1. The number of nitrogens with zero attached hydrogens (tertiary/aromatic N) is 4. The van der Waals surface area contributed by atoms with E-state index in [1.165, 1.54) is 16.9 Å². The van der Waals surface area contributed by atoms with Gasteiger partial charge in [0.1, 0.15) is 5.15 Å². The average Bonchev–Trinajstić information content (AvgIpc) is 3.07. The molecule has 2 aliphatic heterocycles. The van der Waals surface area contributed by atoms with E-state index in [0.29, 0.717) is 5.15 Å². The Morgan fingerprint density at radius 1 is 1.27 bits per heavy atom. The zero-order chi connectivity index (χ0) is 17.9. The molecule has 4 rings (SSSR count). The highest BCUT2D eigenvalue weighted by Gasteiger charge is 2.23. The van der Waals surface area contributed by atoms with Crippen LogP contribution in [-0.4, -0.2) is 53.1 Å². The lowest BCUT2D eigenvalue weighted by Crippen LogP contribution is -2.43. The van der Waals surface area contributed by atoms with Gasteiger partial charge >= 0.3 is 0 Å². The van der Waals surface area contributed by atoms with Gasteiger partial charge in [0.2, 0.25) is 0 Å². The molecule has 7 heteroatoms. The van der Waals surface area contributed by atoms with E-state index < -0.39 is 0 Å². The van der Waals surface area contributed by atoms with E-state index in [9.17, 15) is 0 Å². The summed E-state index contributed by atoms with van der Waals surface area (Å²) < 4.78 is 0. The summed E-state index contributed by atoms with van der Waals surface area (Å²) in [5.41, 5.74) is 3.48. The van der Waals surface area contributed by atoms with Gasteiger partial charge in [0, 0.05) is 54.6 Å². The molecule has 138 valence electrons. The summed E-state index contributed by atoms with van der Waals surface area (Å²) >= 11 is 7.94. The van der Waals surface area contributed by atoms with Crippen molar-refractivity contribution in [2.24, 2.45) is 0 Å². The van der Waals surface area contributed by atoms with Gasteiger partial charge in [0.05, 0.1) is 12.2 Å². The summed E-state index contributed by atoms with van der Waals surface area (Å²) in [7, 11) is 2.20. The molecule has 0 bridgehead atoms. The maximum absolute atomic E-state index is 6.17. The van der Waals surface area contributed by atoms with Crippen molar-refractivity contribution in [3.05, 3.63) is 57.1 Å². The SMILES string of the molecule is CN1CCCN(N2C=C(NCc3cccs3)c3cc(Cl)ncc3C2)CC1. The number of pyridine rings is 1. The first-order valence-corrected chi connectivity index (χ1v) is 10.3. The van der Waals surface area contributed by atoms with Crippen LogP contribution < -0.4 is 5.32 Å². The van der Waals surface area contributed by atoms with Crippen LogP contribution in [0.15, 0.2) is 36.0 Å². The van der Waals surface area contributed by atoms with Gasteiger partial charge < -0.3 is 15.2 Å². The zero-order valence-corrected chi connectivity index (χ0v) is 16.6. The molecule has 0 saturated carbocycles. The van der Waals surface area contributed by atoms with Crippen LogP contribution in [0.2, 0.25) is 5.15 Å². The number of hydrogen-bond acceptors (Lipinski definition) is 6. The third-order valence-electron chi connectivity index (χ3n) is 4.95. The van der Waals surface area contributed by atoms with E-state index in [1.807, 2.05) is 12.3 Å². The van der Waals surface area contributed by atoms with Crippen LogP contribution >= 0.6 is 22.9 Å². The Morgan fingerprint density at radius 3 is 3.04 bits per heavy atom. The molecule has 1 N–H and O–H groups in total. The third-order valence-corrected chi connectivity index (χ3v) is 6.03. The van der Waals surface area contributed by atoms with E-state index in [1.54, 1.807) is 11.3 Å². The predicted molar refractivity (Wildman–Crippen MR) is 108 cm³/mol.